The van der Waals surface area contributed by atoms with Crippen molar-refractivity contribution in [1.82, 2.24) is 4.90 Å². The predicted molar refractivity (Wildman–Crippen MR) is 77.4 cm³/mol. The van der Waals surface area contributed by atoms with Crippen LogP contribution in [0.4, 0.5) is 0 Å². The average Bonchev–Trinajstić information content (AvgIpc) is 3.01. The van der Waals surface area contributed by atoms with E-state index in [2.05, 4.69) is 15.9 Å². The van der Waals surface area contributed by atoms with Crippen LogP contribution in [-0.2, 0) is 4.74 Å². The number of benzene rings is 1. The zero-order valence-corrected chi connectivity index (χ0v) is 12.4. The van der Waals surface area contributed by atoms with Crippen LogP contribution in [0.3, 0.4) is 0 Å². The highest BCUT2D eigenvalue weighted by Crippen LogP contribution is 2.29. The highest BCUT2D eigenvalue weighted by molar-refractivity contribution is 9.10. The van der Waals surface area contributed by atoms with E-state index in [0.29, 0.717) is 25.3 Å². The Kier molecular flexibility index (Phi) is 3.89. The third-order valence-corrected chi connectivity index (χ3v) is 4.10. The summed E-state index contributed by atoms with van der Waals surface area (Å²) in [5, 5.41) is 0. The molecule has 1 aliphatic heterocycles. The predicted octanol–water partition coefficient (Wildman–Crippen LogP) is 3.26. The first-order valence-electron chi connectivity index (χ1n) is 6.43. The number of hydrogen-bond donors (Lipinski definition) is 0. The van der Waals surface area contributed by atoms with Crippen LogP contribution in [0.1, 0.15) is 22.0 Å². The molecule has 0 saturated carbocycles. The van der Waals surface area contributed by atoms with E-state index in [-0.39, 0.29) is 12.0 Å². The van der Waals surface area contributed by atoms with E-state index in [1.807, 2.05) is 24.3 Å². The first kappa shape index (κ1) is 13.4. The standard InChI is InChI=1S/C15H14BrNO3/c16-13-4-2-1-3-12(13)14-9-17(6-8-20-14)15(18)11-5-7-19-10-11/h1-5,7,10,14H,6,8-9H2/t14-/m0/s1. The molecule has 1 aliphatic rings. The Morgan fingerprint density at radius 3 is 2.90 bits per heavy atom. The van der Waals surface area contributed by atoms with Gasteiger partial charge >= 0.3 is 0 Å². The number of amides is 1. The van der Waals surface area contributed by atoms with E-state index in [9.17, 15) is 4.79 Å². The van der Waals surface area contributed by atoms with E-state index < -0.39 is 0 Å². The molecular weight excluding hydrogens is 322 g/mol. The topological polar surface area (TPSA) is 42.7 Å². The van der Waals surface area contributed by atoms with Crippen LogP contribution >= 0.6 is 15.9 Å². The fraction of sp³-hybridized carbons (Fsp3) is 0.267. The number of ether oxygens (including phenoxy) is 1. The maximum Gasteiger partial charge on any atom is 0.257 e. The third kappa shape index (κ3) is 2.64. The monoisotopic (exact) mass is 335 g/mol. The number of hydrogen-bond acceptors (Lipinski definition) is 3. The van der Waals surface area contributed by atoms with Gasteiger partial charge in [0.25, 0.3) is 5.91 Å². The Labute approximate surface area is 125 Å². The van der Waals surface area contributed by atoms with E-state index in [0.717, 1.165) is 10.0 Å². The lowest BCUT2D eigenvalue weighted by atomic mass is 10.1. The van der Waals surface area contributed by atoms with Crippen molar-refractivity contribution in [3.05, 3.63) is 58.5 Å². The molecule has 2 heterocycles. The van der Waals surface area contributed by atoms with Crippen molar-refractivity contribution in [1.29, 1.82) is 0 Å². The number of halogens is 1. The molecule has 1 amide bonds. The van der Waals surface area contributed by atoms with E-state index in [4.69, 9.17) is 9.15 Å². The molecule has 0 N–H and O–H groups in total. The summed E-state index contributed by atoms with van der Waals surface area (Å²) in [5.41, 5.74) is 1.65. The van der Waals surface area contributed by atoms with Gasteiger partial charge in [-0.2, -0.15) is 0 Å². The van der Waals surface area contributed by atoms with Crippen LogP contribution < -0.4 is 0 Å². The number of morpholine rings is 1. The van der Waals surface area contributed by atoms with Crippen molar-refractivity contribution in [2.45, 2.75) is 6.10 Å². The van der Waals surface area contributed by atoms with Crippen LogP contribution in [-0.4, -0.2) is 30.5 Å². The Morgan fingerprint density at radius 1 is 1.30 bits per heavy atom. The second-order valence-corrected chi connectivity index (χ2v) is 5.50. The maximum atomic E-state index is 12.3. The highest BCUT2D eigenvalue weighted by Gasteiger charge is 2.27. The molecule has 0 bridgehead atoms. The first-order valence-corrected chi connectivity index (χ1v) is 7.22. The summed E-state index contributed by atoms with van der Waals surface area (Å²) in [6, 6.07) is 9.62. The van der Waals surface area contributed by atoms with Crippen molar-refractivity contribution in [3.8, 4) is 0 Å². The molecule has 1 aromatic carbocycles. The second kappa shape index (κ2) is 5.81. The minimum Gasteiger partial charge on any atom is -0.472 e. The van der Waals surface area contributed by atoms with Gasteiger partial charge in [-0.1, -0.05) is 34.1 Å². The molecule has 5 heteroatoms. The van der Waals surface area contributed by atoms with Gasteiger partial charge in [-0.25, -0.2) is 0 Å². The molecule has 3 rings (SSSR count). The molecule has 1 fully saturated rings. The number of rotatable bonds is 2. The smallest absolute Gasteiger partial charge is 0.257 e. The van der Waals surface area contributed by atoms with Gasteiger partial charge in [0.1, 0.15) is 12.4 Å². The van der Waals surface area contributed by atoms with Crippen molar-refractivity contribution in [2.24, 2.45) is 0 Å². The lowest BCUT2D eigenvalue weighted by molar-refractivity contribution is -0.0231. The van der Waals surface area contributed by atoms with Crippen LogP contribution in [0.15, 0.2) is 51.7 Å². The minimum atomic E-state index is -0.102. The van der Waals surface area contributed by atoms with Gasteiger partial charge in [-0.15, -0.1) is 0 Å². The lowest BCUT2D eigenvalue weighted by Crippen LogP contribution is -2.42. The summed E-state index contributed by atoms with van der Waals surface area (Å²) >= 11 is 3.53. The molecular formula is C15H14BrNO3. The summed E-state index contributed by atoms with van der Waals surface area (Å²) in [5.74, 6) is -0.0147. The van der Waals surface area contributed by atoms with Crippen molar-refractivity contribution < 1.29 is 13.9 Å². The molecule has 1 saturated heterocycles. The first-order chi connectivity index (χ1) is 9.75. The van der Waals surface area contributed by atoms with Gasteiger partial charge in [0.05, 0.1) is 25.0 Å². The summed E-state index contributed by atoms with van der Waals surface area (Å²) in [6.45, 7) is 1.69. The van der Waals surface area contributed by atoms with Gasteiger partial charge in [0.2, 0.25) is 0 Å². The Bertz CT molecular complexity index is 597. The van der Waals surface area contributed by atoms with Crippen LogP contribution in [0.25, 0.3) is 0 Å². The highest BCUT2D eigenvalue weighted by atomic mass is 79.9. The quantitative estimate of drug-likeness (QED) is 0.845. The van der Waals surface area contributed by atoms with E-state index in [1.165, 1.54) is 12.5 Å². The van der Waals surface area contributed by atoms with Crippen molar-refractivity contribution in [2.75, 3.05) is 19.7 Å². The minimum absolute atomic E-state index is 0.0147. The SMILES string of the molecule is O=C(c1ccoc1)N1CCO[C@H](c2ccccc2Br)C1. The van der Waals surface area contributed by atoms with Gasteiger partial charge < -0.3 is 14.1 Å². The van der Waals surface area contributed by atoms with E-state index in [1.54, 1.807) is 11.0 Å². The van der Waals surface area contributed by atoms with E-state index >= 15 is 0 Å². The molecule has 20 heavy (non-hydrogen) atoms. The number of nitrogens with zero attached hydrogens (tertiary/aromatic N) is 1. The van der Waals surface area contributed by atoms with Gasteiger partial charge in [-0.3, -0.25) is 4.79 Å². The lowest BCUT2D eigenvalue weighted by Gasteiger charge is -2.33. The molecule has 104 valence electrons. The third-order valence-electron chi connectivity index (χ3n) is 3.37. The van der Waals surface area contributed by atoms with Crippen molar-refractivity contribution in [3.63, 3.8) is 0 Å². The van der Waals surface area contributed by atoms with Gasteiger partial charge in [0, 0.05) is 11.0 Å². The molecule has 4 nitrogen and oxygen atoms in total. The molecule has 0 aliphatic carbocycles. The summed E-state index contributed by atoms with van der Waals surface area (Å²) in [6.07, 6.45) is 2.89. The van der Waals surface area contributed by atoms with Crippen LogP contribution in [0, 0.1) is 0 Å². The normalized spacial score (nSPS) is 19.1. The maximum absolute atomic E-state index is 12.3. The molecule has 1 aromatic heterocycles. The zero-order chi connectivity index (χ0) is 13.9. The molecule has 0 unspecified atom stereocenters. The van der Waals surface area contributed by atoms with Crippen LogP contribution in [0.5, 0.6) is 0 Å². The van der Waals surface area contributed by atoms with Gasteiger partial charge in [0.15, 0.2) is 0 Å². The fourth-order valence-corrected chi connectivity index (χ4v) is 2.87. The average molecular weight is 336 g/mol. The number of furan rings is 1. The Balaban J connectivity index is 1.77. The molecule has 2 aromatic rings. The summed E-state index contributed by atoms with van der Waals surface area (Å²) in [4.78, 5) is 14.1. The molecule has 1 atom stereocenters. The van der Waals surface area contributed by atoms with Gasteiger partial charge in [-0.05, 0) is 17.7 Å². The number of carbonyl (C=O) groups excluding carboxylic acids is 1. The zero-order valence-electron chi connectivity index (χ0n) is 10.8. The Hall–Kier alpha value is -1.59. The summed E-state index contributed by atoms with van der Waals surface area (Å²) < 4.78 is 11.8. The van der Waals surface area contributed by atoms with Crippen molar-refractivity contribution >= 4 is 21.8 Å². The second-order valence-electron chi connectivity index (χ2n) is 4.64. The Morgan fingerprint density at radius 2 is 2.15 bits per heavy atom. The fourth-order valence-electron chi connectivity index (χ4n) is 2.33. The van der Waals surface area contributed by atoms with Crippen LogP contribution in [0.2, 0.25) is 0 Å². The molecule has 0 spiro atoms. The summed E-state index contributed by atoms with van der Waals surface area (Å²) in [7, 11) is 0. The largest absolute Gasteiger partial charge is 0.472 e. The number of carbonyl (C=O) groups is 1. The molecule has 0 radical (unpaired) electrons.